The number of rotatable bonds is 2. The highest BCUT2D eigenvalue weighted by Crippen LogP contribution is 2.18. The Bertz CT molecular complexity index is 560. The summed E-state index contributed by atoms with van der Waals surface area (Å²) in [6.07, 6.45) is 3.84. The summed E-state index contributed by atoms with van der Waals surface area (Å²) in [7, 11) is 0. The maximum Gasteiger partial charge on any atom is 0.192 e. The summed E-state index contributed by atoms with van der Waals surface area (Å²) in [4.78, 5) is 14.8. The van der Waals surface area contributed by atoms with Gasteiger partial charge in [-0.25, -0.2) is 4.39 Å². The zero-order valence-electron chi connectivity index (χ0n) is 8.96. The van der Waals surface area contributed by atoms with Crippen LogP contribution in [0.25, 0.3) is 11.1 Å². The fraction of sp³-hybridized carbons (Fsp3) is 0.154. The number of H-pyrrole nitrogens is 1. The van der Waals surface area contributed by atoms with Crippen LogP contribution in [0, 0.1) is 5.82 Å². The Kier molecular flexibility index (Phi) is 2.86. The number of hydrogen-bond donors (Lipinski definition) is 1. The second-order valence-electron chi connectivity index (χ2n) is 3.56. The second-order valence-corrected chi connectivity index (χ2v) is 3.56. The van der Waals surface area contributed by atoms with E-state index in [9.17, 15) is 9.18 Å². The molecule has 1 N–H and O–H groups in total. The highest BCUT2D eigenvalue weighted by atomic mass is 19.1. The van der Waals surface area contributed by atoms with Crippen molar-refractivity contribution in [3.05, 3.63) is 58.3 Å². The lowest BCUT2D eigenvalue weighted by Gasteiger charge is -2.04. The van der Waals surface area contributed by atoms with Crippen LogP contribution in [0.3, 0.4) is 0 Å². The Hall–Kier alpha value is -1.90. The predicted octanol–water partition coefficient (Wildman–Crippen LogP) is 2.74. The quantitative estimate of drug-likeness (QED) is 0.824. The van der Waals surface area contributed by atoms with Crippen molar-refractivity contribution in [2.75, 3.05) is 0 Å². The summed E-state index contributed by atoms with van der Waals surface area (Å²) < 4.78 is 13.5. The minimum Gasteiger partial charge on any atom is -0.367 e. The van der Waals surface area contributed by atoms with E-state index in [1.54, 1.807) is 30.6 Å². The number of aromatic nitrogens is 1. The van der Waals surface area contributed by atoms with Crippen molar-refractivity contribution < 1.29 is 4.39 Å². The van der Waals surface area contributed by atoms with Gasteiger partial charge in [-0.1, -0.05) is 25.1 Å². The molecule has 0 aliphatic rings. The summed E-state index contributed by atoms with van der Waals surface area (Å²) in [6.45, 7) is 1.90. The van der Waals surface area contributed by atoms with Crippen LogP contribution in [0.2, 0.25) is 0 Å². The standard InChI is InChI=1S/C13H12FNO/c1-2-9-7-15-8-11(13(9)16)10-5-3-4-6-12(10)14/h3-8H,2H2,1H3,(H,15,16). The third-order valence-electron chi connectivity index (χ3n) is 2.57. The lowest BCUT2D eigenvalue weighted by molar-refractivity contribution is 0.631. The van der Waals surface area contributed by atoms with E-state index in [0.717, 1.165) is 0 Å². The highest BCUT2D eigenvalue weighted by molar-refractivity contribution is 5.63. The molecule has 3 heteroatoms. The third-order valence-corrected chi connectivity index (χ3v) is 2.57. The molecule has 0 bridgehead atoms. The molecule has 0 fully saturated rings. The molecule has 2 aromatic rings. The summed E-state index contributed by atoms with van der Waals surface area (Å²) in [5.74, 6) is -0.374. The van der Waals surface area contributed by atoms with Crippen LogP contribution in [0.15, 0.2) is 41.5 Å². The van der Waals surface area contributed by atoms with Crippen LogP contribution in [-0.2, 0) is 6.42 Å². The first kappa shape index (κ1) is 10.6. The molecule has 0 amide bonds. The number of aryl methyl sites for hydroxylation is 1. The van der Waals surface area contributed by atoms with Gasteiger partial charge in [-0.2, -0.15) is 0 Å². The highest BCUT2D eigenvalue weighted by Gasteiger charge is 2.09. The molecule has 0 unspecified atom stereocenters. The molecule has 0 aliphatic carbocycles. The molecule has 2 nitrogen and oxygen atoms in total. The Morgan fingerprint density at radius 2 is 1.94 bits per heavy atom. The number of nitrogens with one attached hydrogen (secondary N) is 1. The number of benzene rings is 1. The minimum atomic E-state index is -0.374. The SMILES string of the molecule is CCc1c[nH]cc(-c2ccccc2F)c1=O. The number of aromatic amines is 1. The largest absolute Gasteiger partial charge is 0.367 e. The van der Waals surface area contributed by atoms with E-state index >= 15 is 0 Å². The van der Waals surface area contributed by atoms with Crippen molar-refractivity contribution in [2.24, 2.45) is 0 Å². The van der Waals surface area contributed by atoms with E-state index in [-0.39, 0.29) is 11.2 Å². The lowest BCUT2D eigenvalue weighted by atomic mass is 10.0. The lowest BCUT2D eigenvalue weighted by Crippen LogP contribution is -2.11. The summed E-state index contributed by atoms with van der Waals surface area (Å²) in [5, 5.41) is 0. The summed E-state index contributed by atoms with van der Waals surface area (Å²) in [6, 6.07) is 6.29. The van der Waals surface area contributed by atoms with Crippen LogP contribution in [-0.4, -0.2) is 4.98 Å². The number of halogens is 1. The van der Waals surface area contributed by atoms with Gasteiger partial charge in [0.2, 0.25) is 0 Å². The molecule has 0 radical (unpaired) electrons. The summed E-state index contributed by atoms with van der Waals surface area (Å²) >= 11 is 0. The van der Waals surface area contributed by atoms with E-state index in [1.807, 2.05) is 6.92 Å². The Morgan fingerprint density at radius 1 is 1.19 bits per heavy atom. The van der Waals surface area contributed by atoms with Crippen LogP contribution in [0.4, 0.5) is 4.39 Å². The van der Waals surface area contributed by atoms with Crippen molar-refractivity contribution >= 4 is 0 Å². The molecule has 0 saturated heterocycles. The second kappa shape index (κ2) is 4.31. The molecule has 1 aromatic heterocycles. The average molecular weight is 217 g/mol. The Labute approximate surface area is 92.8 Å². The van der Waals surface area contributed by atoms with Gasteiger partial charge in [0.25, 0.3) is 0 Å². The first-order valence-electron chi connectivity index (χ1n) is 5.19. The van der Waals surface area contributed by atoms with Crippen molar-refractivity contribution in [1.82, 2.24) is 4.98 Å². The van der Waals surface area contributed by atoms with Gasteiger partial charge < -0.3 is 4.98 Å². The molecule has 1 aromatic carbocycles. The first-order valence-corrected chi connectivity index (χ1v) is 5.19. The molecular weight excluding hydrogens is 205 g/mol. The fourth-order valence-electron chi connectivity index (χ4n) is 1.67. The van der Waals surface area contributed by atoms with Crippen LogP contribution < -0.4 is 5.43 Å². The maximum atomic E-state index is 13.5. The smallest absolute Gasteiger partial charge is 0.192 e. The van der Waals surface area contributed by atoms with Crippen molar-refractivity contribution in [1.29, 1.82) is 0 Å². The van der Waals surface area contributed by atoms with Crippen LogP contribution in [0.5, 0.6) is 0 Å². The zero-order valence-corrected chi connectivity index (χ0v) is 8.96. The van der Waals surface area contributed by atoms with Crippen molar-refractivity contribution in [3.63, 3.8) is 0 Å². The van der Waals surface area contributed by atoms with Gasteiger partial charge in [-0.3, -0.25) is 4.79 Å². The third kappa shape index (κ3) is 1.76. The van der Waals surface area contributed by atoms with Crippen molar-refractivity contribution in [3.8, 4) is 11.1 Å². The summed E-state index contributed by atoms with van der Waals surface area (Å²) in [5.41, 5.74) is 1.30. The molecular formula is C13H12FNO. The van der Waals surface area contributed by atoms with E-state index in [2.05, 4.69) is 4.98 Å². The van der Waals surface area contributed by atoms with Gasteiger partial charge in [0.1, 0.15) is 5.82 Å². The maximum absolute atomic E-state index is 13.5. The molecule has 82 valence electrons. The topological polar surface area (TPSA) is 32.9 Å². The zero-order chi connectivity index (χ0) is 11.5. The molecule has 0 spiro atoms. The monoisotopic (exact) mass is 217 g/mol. The van der Waals surface area contributed by atoms with Gasteiger partial charge >= 0.3 is 0 Å². The van der Waals surface area contributed by atoms with Gasteiger partial charge in [-0.05, 0) is 12.5 Å². The van der Waals surface area contributed by atoms with E-state index in [1.165, 1.54) is 6.07 Å². The van der Waals surface area contributed by atoms with Gasteiger partial charge in [0.05, 0.1) is 0 Å². The normalized spacial score (nSPS) is 10.4. The number of pyridine rings is 1. The molecule has 16 heavy (non-hydrogen) atoms. The average Bonchev–Trinajstić information content (AvgIpc) is 2.31. The number of hydrogen-bond acceptors (Lipinski definition) is 1. The molecule has 0 saturated carbocycles. The van der Waals surface area contributed by atoms with Crippen LogP contribution >= 0.6 is 0 Å². The van der Waals surface area contributed by atoms with Gasteiger partial charge in [0.15, 0.2) is 5.43 Å². The minimum absolute atomic E-state index is 0.105. The Morgan fingerprint density at radius 3 is 2.62 bits per heavy atom. The molecule has 0 atom stereocenters. The molecule has 1 heterocycles. The van der Waals surface area contributed by atoms with Gasteiger partial charge in [-0.15, -0.1) is 0 Å². The molecule has 0 aliphatic heterocycles. The fourth-order valence-corrected chi connectivity index (χ4v) is 1.67. The van der Waals surface area contributed by atoms with E-state index in [0.29, 0.717) is 23.1 Å². The predicted molar refractivity (Wildman–Crippen MR) is 61.8 cm³/mol. The van der Waals surface area contributed by atoms with E-state index < -0.39 is 0 Å². The Balaban J connectivity index is 2.66. The van der Waals surface area contributed by atoms with Crippen LogP contribution in [0.1, 0.15) is 12.5 Å². The van der Waals surface area contributed by atoms with Gasteiger partial charge in [0, 0.05) is 29.1 Å². The van der Waals surface area contributed by atoms with Crippen molar-refractivity contribution in [2.45, 2.75) is 13.3 Å². The first-order chi connectivity index (χ1) is 7.74. The van der Waals surface area contributed by atoms with E-state index in [4.69, 9.17) is 0 Å². The molecule has 2 rings (SSSR count).